The number of hydrogen-bond acceptors (Lipinski definition) is 6. The van der Waals surface area contributed by atoms with Crippen LogP contribution in [0.15, 0.2) is 12.8 Å². The average Bonchev–Trinajstić information content (AvgIpc) is 2.53. The van der Waals surface area contributed by atoms with Gasteiger partial charge in [-0.2, -0.15) is 0 Å². The summed E-state index contributed by atoms with van der Waals surface area (Å²) in [6, 6.07) is 0. The van der Waals surface area contributed by atoms with Gasteiger partial charge in [-0.05, 0) is 33.6 Å². The maximum Gasteiger partial charge on any atom is 0.524 e. The van der Waals surface area contributed by atoms with Crippen molar-refractivity contribution in [1.29, 1.82) is 0 Å². The molecule has 24 heavy (non-hydrogen) atoms. The van der Waals surface area contributed by atoms with E-state index in [0.717, 1.165) is 6.42 Å². The molecule has 0 radical (unpaired) electrons. The fraction of sp³-hybridized carbons (Fsp3) is 0.812. The van der Waals surface area contributed by atoms with E-state index in [1.807, 2.05) is 34.6 Å². The lowest BCUT2D eigenvalue weighted by molar-refractivity contribution is -0.0667. The van der Waals surface area contributed by atoms with Crippen LogP contribution in [0.4, 0.5) is 4.79 Å². The Labute approximate surface area is 147 Å². The molecule has 0 aliphatic heterocycles. The van der Waals surface area contributed by atoms with Crippen LogP contribution in [0.3, 0.4) is 0 Å². The van der Waals surface area contributed by atoms with Gasteiger partial charge in [0, 0.05) is 26.2 Å². The van der Waals surface area contributed by atoms with E-state index < -0.39 is 26.9 Å². The van der Waals surface area contributed by atoms with Crippen molar-refractivity contribution in [2.24, 2.45) is 0 Å². The fourth-order valence-corrected chi connectivity index (χ4v) is 5.12. The Morgan fingerprint density at radius 3 is 2.00 bits per heavy atom. The van der Waals surface area contributed by atoms with Crippen molar-refractivity contribution < 1.29 is 27.5 Å². The molecule has 0 aromatic rings. The first kappa shape index (κ1) is 22.9. The molecule has 2 unspecified atom stereocenters. The molecule has 0 saturated heterocycles. The van der Waals surface area contributed by atoms with Crippen LogP contribution in [0.2, 0.25) is 0 Å². The quantitative estimate of drug-likeness (QED) is 0.290. The van der Waals surface area contributed by atoms with Crippen LogP contribution >= 0.6 is 0 Å². The van der Waals surface area contributed by atoms with Crippen LogP contribution in [0.5, 0.6) is 0 Å². The van der Waals surface area contributed by atoms with Crippen LogP contribution in [0.1, 0.15) is 53.9 Å². The van der Waals surface area contributed by atoms with Gasteiger partial charge < -0.3 is 28.1 Å². The lowest BCUT2D eigenvalue weighted by atomic mass is 10.3. The van der Waals surface area contributed by atoms with Crippen molar-refractivity contribution >= 4 is 14.9 Å². The first-order valence-electron chi connectivity index (χ1n) is 8.68. The molecular weight excluding hydrogens is 330 g/mol. The third kappa shape index (κ3) is 7.65. The zero-order chi connectivity index (χ0) is 18.4. The zero-order valence-corrected chi connectivity index (χ0v) is 16.6. The highest BCUT2D eigenvalue weighted by Crippen LogP contribution is 2.18. The summed E-state index contributed by atoms with van der Waals surface area (Å²) in [5, 5.41) is 2.82. The second-order valence-corrected chi connectivity index (χ2v) is 7.70. The van der Waals surface area contributed by atoms with Gasteiger partial charge in [-0.3, -0.25) is 0 Å². The zero-order valence-electron chi connectivity index (χ0n) is 15.6. The molecule has 0 bridgehead atoms. The van der Waals surface area contributed by atoms with Gasteiger partial charge in [-0.25, -0.2) is 4.79 Å². The Morgan fingerprint density at radius 2 is 1.62 bits per heavy atom. The van der Waals surface area contributed by atoms with Crippen LogP contribution in [0.25, 0.3) is 0 Å². The van der Waals surface area contributed by atoms with E-state index in [2.05, 4.69) is 11.9 Å². The maximum absolute atomic E-state index is 12.2. The molecule has 1 amide bonds. The Balaban J connectivity index is 5.04. The lowest BCUT2D eigenvalue weighted by Crippen LogP contribution is -2.63. The summed E-state index contributed by atoms with van der Waals surface area (Å²) in [5.41, 5.74) is -0.393. The van der Waals surface area contributed by atoms with Crippen molar-refractivity contribution in [3.63, 3.8) is 0 Å². The summed E-state index contributed by atoms with van der Waals surface area (Å²) in [5.74, 6) is 0. The van der Waals surface area contributed by atoms with Gasteiger partial charge in [0.25, 0.3) is 0 Å². The minimum absolute atomic E-state index is 0.393. The second kappa shape index (κ2) is 13.2. The molecule has 0 saturated carbocycles. The Morgan fingerprint density at radius 1 is 1.08 bits per heavy atom. The van der Waals surface area contributed by atoms with Gasteiger partial charge in [-0.15, -0.1) is 0 Å². The average molecular weight is 364 g/mol. The number of alkyl carbamates (subject to hydrolysis) is 1. The van der Waals surface area contributed by atoms with E-state index in [4.69, 9.17) is 22.8 Å². The highest BCUT2D eigenvalue weighted by Gasteiger charge is 2.49. The summed E-state index contributed by atoms with van der Waals surface area (Å²) >= 11 is 0. The van der Waals surface area contributed by atoms with Crippen molar-refractivity contribution in [2.45, 2.75) is 65.8 Å². The maximum atomic E-state index is 12.2. The summed E-state index contributed by atoms with van der Waals surface area (Å²) in [6.45, 7) is 14.4. The molecular formula is C16H33NO6Si. The Bertz CT molecular complexity index is 338. The minimum atomic E-state index is -3.05. The molecule has 0 spiro atoms. The largest absolute Gasteiger partial charge is 0.524 e. The number of carbonyl (C=O) groups excluding carboxylic acids is 1. The molecule has 0 rings (SSSR count). The SMILES string of the molecule is C=COC(CCC)OC(=O)NC(CC)[Si](OCC)(OCC)OCC. The first-order chi connectivity index (χ1) is 11.5. The summed E-state index contributed by atoms with van der Waals surface area (Å²) in [7, 11) is -3.05. The molecule has 0 heterocycles. The van der Waals surface area contributed by atoms with E-state index in [-0.39, 0.29) is 0 Å². The number of amides is 1. The van der Waals surface area contributed by atoms with Crippen LogP contribution < -0.4 is 5.32 Å². The monoisotopic (exact) mass is 363 g/mol. The number of ether oxygens (including phenoxy) is 2. The Hall–Kier alpha value is -1.09. The fourth-order valence-electron chi connectivity index (χ4n) is 2.26. The molecule has 142 valence electrons. The predicted octanol–water partition coefficient (Wildman–Crippen LogP) is 3.37. The van der Waals surface area contributed by atoms with Gasteiger partial charge in [0.1, 0.15) is 5.67 Å². The van der Waals surface area contributed by atoms with Gasteiger partial charge in [0.05, 0.1) is 6.26 Å². The molecule has 2 atom stereocenters. The number of hydrogen-bond donors (Lipinski definition) is 1. The van der Waals surface area contributed by atoms with Gasteiger partial charge in [0.15, 0.2) is 0 Å². The molecule has 0 aromatic heterocycles. The third-order valence-electron chi connectivity index (χ3n) is 3.17. The van der Waals surface area contributed by atoms with E-state index in [1.165, 1.54) is 6.26 Å². The lowest BCUT2D eigenvalue weighted by Gasteiger charge is -2.35. The smallest absolute Gasteiger partial charge is 0.463 e. The first-order valence-corrected chi connectivity index (χ1v) is 10.5. The van der Waals surface area contributed by atoms with E-state index in [1.54, 1.807) is 0 Å². The molecule has 0 aliphatic rings. The summed E-state index contributed by atoms with van der Waals surface area (Å²) in [4.78, 5) is 12.2. The predicted molar refractivity (Wildman–Crippen MR) is 94.3 cm³/mol. The van der Waals surface area contributed by atoms with Crippen molar-refractivity contribution in [3.05, 3.63) is 12.8 Å². The molecule has 1 N–H and O–H groups in total. The molecule has 0 aliphatic carbocycles. The topological polar surface area (TPSA) is 75.3 Å². The van der Waals surface area contributed by atoms with E-state index in [0.29, 0.717) is 32.7 Å². The van der Waals surface area contributed by atoms with Gasteiger partial charge in [0.2, 0.25) is 6.29 Å². The van der Waals surface area contributed by atoms with Crippen molar-refractivity contribution in [2.75, 3.05) is 19.8 Å². The van der Waals surface area contributed by atoms with Gasteiger partial charge >= 0.3 is 14.9 Å². The van der Waals surface area contributed by atoms with Gasteiger partial charge in [-0.1, -0.05) is 20.4 Å². The van der Waals surface area contributed by atoms with E-state index >= 15 is 0 Å². The summed E-state index contributed by atoms with van der Waals surface area (Å²) < 4.78 is 28.0. The highest BCUT2D eigenvalue weighted by atomic mass is 28.4. The summed E-state index contributed by atoms with van der Waals surface area (Å²) in [6.07, 6.45) is 2.03. The number of rotatable bonds is 14. The van der Waals surface area contributed by atoms with E-state index in [9.17, 15) is 4.79 Å². The number of carbonyl (C=O) groups is 1. The Kier molecular flexibility index (Phi) is 12.6. The van der Waals surface area contributed by atoms with Crippen molar-refractivity contribution in [1.82, 2.24) is 5.32 Å². The molecule has 0 aromatic carbocycles. The highest BCUT2D eigenvalue weighted by molar-refractivity contribution is 6.62. The number of nitrogens with one attached hydrogen (secondary N) is 1. The standard InChI is InChI=1S/C16H33NO6Si/c1-7-13-15(19-9-3)23-16(18)17-14(8-2)24(20-10-4,21-11-5)22-12-6/h9,14-15H,3,7-8,10-13H2,1-2,4-6H3,(H,17,18). The normalized spacial score (nSPS) is 13.9. The second-order valence-electron chi connectivity index (χ2n) is 4.93. The molecule has 8 heteroatoms. The van der Waals surface area contributed by atoms with Crippen LogP contribution in [0, 0.1) is 0 Å². The van der Waals surface area contributed by atoms with Crippen LogP contribution in [-0.4, -0.2) is 46.7 Å². The minimum Gasteiger partial charge on any atom is -0.463 e. The molecule has 0 fully saturated rings. The van der Waals surface area contributed by atoms with Crippen LogP contribution in [-0.2, 0) is 22.8 Å². The molecule has 7 nitrogen and oxygen atoms in total. The van der Waals surface area contributed by atoms with Crippen molar-refractivity contribution in [3.8, 4) is 0 Å². The third-order valence-corrected chi connectivity index (χ3v) is 6.65.